The number of aromatic nitrogens is 3. The summed E-state index contributed by atoms with van der Waals surface area (Å²) in [7, 11) is 0. The third-order valence-corrected chi connectivity index (χ3v) is 2.88. The molecule has 0 aliphatic carbocycles. The van der Waals surface area contributed by atoms with Crippen LogP contribution in [0.25, 0.3) is 11.0 Å². The second kappa shape index (κ2) is 4.70. The number of para-hydroxylation sites is 1. The van der Waals surface area contributed by atoms with Crippen LogP contribution in [0.15, 0.2) is 48.9 Å². The highest BCUT2D eigenvalue weighted by molar-refractivity contribution is 6.34. The summed E-state index contributed by atoms with van der Waals surface area (Å²) < 4.78 is 6.51. The van der Waals surface area contributed by atoms with Gasteiger partial charge in [-0.05, 0) is 18.2 Å². The third-order valence-electron chi connectivity index (χ3n) is 2.58. The molecule has 3 rings (SSSR count). The van der Waals surface area contributed by atoms with E-state index in [0.717, 1.165) is 0 Å². The molecule has 0 spiro atoms. The number of carbonyl (C=O) groups excluding carboxylic acids is 1. The third kappa shape index (κ3) is 2.15. The van der Waals surface area contributed by atoms with Crippen molar-refractivity contribution in [3.05, 3.63) is 54.1 Å². The zero-order valence-corrected chi connectivity index (χ0v) is 10.4. The molecule has 0 fully saturated rings. The smallest absolute Gasteiger partial charge is 0.410 e. The lowest BCUT2D eigenvalue weighted by Crippen LogP contribution is -2.16. The van der Waals surface area contributed by atoms with E-state index in [1.54, 1.807) is 36.5 Å². The minimum absolute atomic E-state index is 0.302. The number of hydrogen-bond donors (Lipinski definition) is 0. The number of ether oxygens (including phenoxy) is 1. The highest BCUT2D eigenvalue weighted by atomic mass is 35.5. The maximum Gasteiger partial charge on any atom is 0.425 e. The summed E-state index contributed by atoms with van der Waals surface area (Å²) >= 11 is 5.92. The fraction of sp³-hybridized carbons (Fsp3) is 0. The van der Waals surface area contributed by atoms with Gasteiger partial charge in [0.15, 0.2) is 5.65 Å². The first-order chi connectivity index (χ1) is 9.25. The van der Waals surface area contributed by atoms with Crippen LogP contribution >= 0.6 is 11.6 Å². The first kappa shape index (κ1) is 11.7. The first-order valence-corrected chi connectivity index (χ1v) is 5.88. The maximum absolute atomic E-state index is 12.0. The van der Waals surface area contributed by atoms with Gasteiger partial charge in [-0.1, -0.05) is 29.8 Å². The van der Waals surface area contributed by atoms with Crippen molar-refractivity contribution in [2.75, 3.05) is 0 Å². The van der Waals surface area contributed by atoms with Gasteiger partial charge in [0.1, 0.15) is 17.2 Å². The number of hydrogen-bond acceptors (Lipinski definition) is 4. The number of nitrogens with zero attached hydrogens (tertiary/aromatic N) is 3. The van der Waals surface area contributed by atoms with E-state index in [0.29, 0.717) is 21.9 Å². The zero-order valence-electron chi connectivity index (χ0n) is 9.65. The normalized spacial score (nSPS) is 10.6. The number of benzene rings is 1. The molecule has 0 aliphatic heterocycles. The number of carbonyl (C=O) groups is 1. The second-order valence-electron chi connectivity index (χ2n) is 3.77. The van der Waals surface area contributed by atoms with Gasteiger partial charge in [-0.3, -0.25) is 0 Å². The molecule has 2 aromatic heterocycles. The van der Waals surface area contributed by atoms with Crippen LogP contribution in [0.1, 0.15) is 0 Å². The Hall–Kier alpha value is -2.40. The molecule has 0 aliphatic rings. The van der Waals surface area contributed by atoms with Crippen LogP contribution in [0.5, 0.6) is 5.75 Å². The van der Waals surface area contributed by atoms with Crippen LogP contribution in [-0.4, -0.2) is 20.6 Å². The van der Waals surface area contributed by atoms with Crippen LogP contribution in [0.2, 0.25) is 5.15 Å². The van der Waals surface area contributed by atoms with E-state index >= 15 is 0 Å². The standard InChI is InChI=1S/C13H8ClN3O2/c14-11-10-6-7-17(12(10)16-8-15-11)13(18)19-9-4-2-1-3-5-9/h1-8H. The molecule has 0 amide bonds. The highest BCUT2D eigenvalue weighted by Gasteiger charge is 2.13. The van der Waals surface area contributed by atoms with Gasteiger partial charge in [-0.15, -0.1) is 0 Å². The van der Waals surface area contributed by atoms with Crippen molar-refractivity contribution in [3.63, 3.8) is 0 Å². The van der Waals surface area contributed by atoms with Crippen LogP contribution < -0.4 is 4.74 Å². The molecule has 0 radical (unpaired) electrons. The Labute approximate surface area is 113 Å². The molecule has 1 aromatic carbocycles. The minimum atomic E-state index is -0.545. The second-order valence-corrected chi connectivity index (χ2v) is 4.13. The van der Waals surface area contributed by atoms with Gasteiger partial charge in [-0.2, -0.15) is 0 Å². The van der Waals surface area contributed by atoms with Crippen molar-refractivity contribution in [2.45, 2.75) is 0 Å². The summed E-state index contributed by atoms with van der Waals surface area (Å²) in [5.41, 5.74) is 0.418. The molecular formula is C13H8ClN3O2. The van der Waals surface area contributed by atoms with Crippen LogP contribution in [0, 0.1) is 0 Å². The number of fused-ring (bicyclic) bond motifs is 1. The van der Waals surface area contributed by atoms with E-state index in [9.17, 15) is 4.79 Å². The number of rotatable bonds is 1. The van der Waals surface area contributed by atoms with Gasteiger partial charge in [0, 0.05) is 6.20 Å². The summed E-state index contributed by atoms with van der Waals surface area (Å²) in [5, 5.41) is 0.908. The molecule has 0 unspecified atom stereocenters. The molecule has 0 N–H and O–H groups in total. The SMILES string of the molecule is O=C(Oc1ccccc1)n1ccc2c(Cl)ncnc21. The van der Waals surface area contributed by atoms with Gasteiger partial charge >= 0.3 is 6.09 Å². The monoisotopic (exact) mass is 273 g/mol. The van der Waals surface area contributed by atoms with Crippen LogP contribution in [0.3, 0.4) is 0 Å². The van der Waals surface area contributed by atoms with E-state index in [1.165, 1.54) is 10.9 Å². The summed E-state index contributed by atoms with van der Waals surface area (Å²) in [6.45, 7) is 0. The molecule has 0 saturated carbocycles. The van der Waals surface area contributed by atoms with E-state index in [2.05, 4.69) is 9.97 Å². The van der Waals surface area contributed by atoms with E-state index in [-0.39, 0.29) is 0 Å². The Kier molecular flexibility index (Phi) is 2.89. The predicted octanol–water partition coefficient (Wildman–Crippen LogP) is 3.13. The van der Waals surface area contributed by atoms with Crippen LogP contribution in [0.4, 0.5) is 4.79 Å². The topological polar surface area (TPSA) is 57.0 Å². The van der Waals surface area contributed by atoms with Gasteiger partial charge in [0.05, 0.1) is 5.39 Å². The molecular weight excluding hydrogens is 266 g/mol. The molecule has 6 heteroatoms. The average molecular weight is 274 g/mol. The van der Waals surface area contributed by atoms with Crippen molar-refractivity contribution in [2.24, 2.45) is 0 Å². The van der Waals surface area contributed by atoms with Gasteiger partial charge in [0.25, 0.3) is 0 Å². The van der Waals surface area contributed by atoms with Gasteiger partial charge < -0.3 is 4.74 Å². The fourth-order valence-electron chi connectivity index (χ4n) is 1.71. The largest absolute Gasteiger partial charge is 0.425 e. The average Bonchev–Trinajstić information content (AvgIpc) is 2.85. The Morgan fingerprint density at radius 3 is 2.74 bits per heavy atom. The first-order valence-electron chi connectivity index (χ1n) is 5.50. The Morgan fingerprint density at radius 2 is 1.95 bits per heavy atom. The molecule has 19 heavy (non-hydrogen) atoms. The van der Waals surface area contributed by atoms with Crippen LogP contribution in [-0.2, 0) is 0 Å². The maximum atomic E-state index is 12.0. The lowest BCUT2D eigenvalue weighted by atomic mass is 10.3. The predicted molar refractivity (Wildman–Crippen MR) is 70.4 cm³/mol. The molecule has 0 bridgehead atoms. The molecule has 94 valence electrons. The summed E-state index contributed by atoms with van der Waals surface area (Å²) in [4.78, 5) is 19.9. The molecule has 2 heterocycles. The van der Waals surface area contributed by atoms with E-state index in [4.69, 9.17) is 16.3 Å². The highest BCUT2D eigenvalue weighted by Crippen LogP contribution is 2.20. The summed E-state index contributed by atoms with van der Waals surface area (Å²) in [6, 6.07) is 10.5. The Balaban J connectivity index is 1.96. The van der Waals surface area contributed by atoms with Gasteiger partial charge in [-0.25, -0.2) is 19.3 Å². The van der Waals surface area contributed by atoms with Crippen molar-refractivity contribution in [1.82, 2.24) is 14.5 Å². The summed E-state index contributed by atoms with van der Waals surface area (Å²) in [6.07, 6.45) is 2.31. The van der Waals surface area contributed by atoms with E-state index < -0.39 is 6.09 Å². The van der Waals surface area contributed by atoms with Crippen molar-refractivity contribution in [3.8, 4) is 5.75 Å². The van der Waals surface area contributed by atoms with Crippen molar-refractivity contribution < 1.29 is 9.53 Å². The molecule has 3 aromatic rings. The quantitative estimate of drug-likeness (QED) is 0.639. The number of halogens is 1. The lowest BCUT2D eigenvalue weighted by molar-refractivity contribution is 0.203. The van der Waals surface area contributed by atoms with Crippen molar-refractivity contribution >= 4 is 28.7 Å². The van der Waals surface area contributed by atoms with Gasteiger partial charge in [0.2, 0.25) is 0 Å². The molecule has 0 atom stereocenters. The van der Waals surface area contributed by atoms with E-state index in [1.807, 2.05) is 6.07 Å². The minimum Gasteiger partial charge on any atom is -0.410 e. The van der Waals surface area contributed by atoms with Crippen molar-refractivity contribution in [1.29, 1.82) is 0 Å². The Morgan fingerprint density at radius 1 is 1.16 bits per heavy atom. The fourth-order valence-corrected chi connectivity index (χ4v) is 1.90. The molecule has 0 saturated heterocycles. The zero-order chi connectivity index (χ0) is 13.2. The Bertz CT molecular complexity index is 740. The lowest BCUT2D eigenvalue weighted by Gasteiger charge is -2.05. The summed E-state index contributed by atoms with van der Waals surface area (Å²) in [5.74, 6) is 0.467. The molecule has 5 nitrogen and oxygen atoms in total.